The summed E-state index contributed by atoms with van der Waals surface area (Å²) < 4.78 is 6.19. The van der Waals surface area contributed by atoms with Crippen LogP contribution in [0.15, 0.2) is 29.2 Å². The van der Waals surface area contributed by atoms with Crippen LogP contribution in [0.3, 0.4) is 0 Å². The highest BCUT2D eigenvalue weighted by Gasteiger charge is 2.24. The maximum absolute atomic E-state index is 11.9. The van der Waals surface area contributed by atoms with Crippen LogP contribution in [0.4, 0.5) is 0 Å². The molecule has 0 atom stereocenters. The first kappa shape index (κ1) is 17.8. The summed E-state index contributed by atoms with van der Waals surface area (Å²) in [5.41, 5.74) is -0.123. The first-order valence-corrected chi connectivity index (χ1v) is 9.97. The molecule has 6 heteroatoms. The Hall–Kier alpha value is -1.56. The van der Waals surface area contributed by atoms with Crippen LogP contribution in [-0.2, 0) is 0 Å². The summed E-state index contributed by atoms with van der Waals surface area (Å²) in [5.74, 6) is 1.52. The summed E-state index contributed by atoms with van der Waals surface area (Å²) in [5, 5.41) is 5.40. The zero-order chi connectivity index (χ0) is 17.9. The Bertz CT molecular complexity index is 808. The number of aromatic nitrogens is 1. The molecular formula is C20H26ClN3O2. The van der Waals surface area contributed by atoms with Gasteiger partial charge in [-0.3, -0.25) is 4.79 Å². The van der Waals surface area contributed by atoms with E-state index in [0.717, 1.165) is 50.3 Å². The molecule has 2 aliphatic heterocycles. The third kappa shape index (κ3) is 4.05. The highest BCUT2D eigenvalue weighted by molar-refractivity contribution is 6.32. The van der Waals surface area contributed by atoms with Crippen LogP contribution < -0.4 is 15.6 Å². The molecule has 2 aliphatic rings. The van der Waals surface area contributed by atoms with Crippen molar-refractivity contribution in [2.24, 2.45) is 5.92 Å². The van der Waals surface area contributed by atoms with Gasteiger partial charge in [0.1, 0.15) is 11.9 Å². The number of halogens is 1. The fourth-order valence-corrected chi connectivity index (χ4v) is 4.31. The molecular weight excluding hydrogens is 350 g/mol. The Morgan fingerprint density at radius 2 is 1.92 bits per heavy atom. The minimum absolute atomic E-state index is 0.123. The molecule has 2 fully saturated rings. The van der Waals surface area contributed by atoms with Crippen LogP contribution in [-0.4, -0.2) is 48.7 Å². The molecule has 26 heavy (non-hydrogen) atoms. The van der Waals surface area contributed by atoms with Crippen molar-refractivity contribution in [3.05, 3.63) is 39.8 Å². The number of hydrogen-bond donors (Lipinski definition) is 2. The lowest BCUT2D eigenvalue weighted by Gasteiger charge is -2.35. The summed E-state index contributed by atoms with van der Waals surface area (Å²) in [6.45, 7) is 5.70. The van der Waals surface area contributed by atoms with Crippen LogP contribution in [0.5, 0.6) is 5.75 Å². The Kier molecular flexibility index (Phi) is 5.48. The number of nitrogens with zero attached hydrogens (tertiary/aromatic N) is 1. The fraction of sp³-hybridized carbons (Fsp3) is 0.550. The number of H-pyrrole nitrogens is 1. The van der Waals surface area contributed by atoms with Crippen LogP contribution in [0.1, 0.15) is 25.7 Å². The summed E-state index contributed by atoms with van der Waals surface area (Å²) in [7, 11) is 0. The normalized spacial score (nSPS) is 20.5. The molecule has 0 unspecified atom stereocenters. The molecule has 0 aliphatic carbocycles. The molecule has 4 rings (SSSR count). The maximum Gasteiger partial charge on any atom is 0.255 e. The predicted molar refractivity (Wildman–Crippen MR) is 105 cm³/mol. The summed E-state index contributed by atoms with van der Waals surface area (Å²) >= 11 is 6.36. The molecule has 5 nitrogen and oxygen atoms in total. The monoisotopic (exact) mass is 375 g/mol. The van der Waals surface area contributed by atoms with Crippen LogP contribution >= 0.6 is 11.6 Å². The van der Waals surface area contributed by atoms with Crippen molar-refractivity contribution in [2.75, 3.05) is 32.7 Å². The van der Waals surface area contributed by atoms with Gasteiger partial charge in [-0.05, 0) is 68.3 Å². The smallest absolute Gasteiger partial charge is 0.255 e. The molecule has 0 bridgehead atoms. The Labute approximate surface area is 158 Å². The number of fused-ring (bicyclic) bond motifs is 1. The van der Waals surface area contributed by atoms with E-state index in [4.69, 9.17) is 16.3 Å². The highest BCUT2D eigenvalue weighted by Crippen LogP contribution is 2.31. The van der Waals surface area contributed by atoms with Gasteiger partial charge in [-0.1, -0.05) is 11.6 Å². The summed E-state index contributed by atoms with van der Waals surface area (Å²) in [4.78, 5) is 17.1. The van der Waals surface area contributed by atoms with Gasteiger partial charge in [0.15, 0.2) is 0 Å². The van der Waals surface area contributed by atoms with Gasteiger partial charge in [0.25, 0.3) is 5.56 Å². The molecule has 1 aromatic heterocycles. The van der Waals surface area contributed by atoms with E-state index in [1.165, 1.54) is 19.4 Å². The van der Waals surface area contributed by atoms with E-state index in [0.29, 0.717) is 16.2 Å². The largest absolute Gasteiger partial charge is 0.489 e. The summed E-state index contributed by atoms with van der Waals surface area (Å²) in [6.07, 6.45) is 6.48. The SMILES string of the molecule is O=c1[nH]ccc2cc(OC3CCN(CC4CCNCC4)CC3)c(Cl)cc12. The maximum atomic E-state index is 11.9. The van der Waals surface area contributed by atoms with Gasteiger partial charge in [0.05, 0.1) is 5.02 Å². The standard InChI is InChI=1S/C20H26ClN3O2/c21-18-12-17-15(3-8-23-20(17)25)11-19(18)26-16-4-9-24(10-5-16)13-14-1-6-22-7-2-14/h3,8,11-12,14,16,22H,1-2,4-7,9-10,13H2,(H,23,25). The summed E-state index contributed by atoms with van der Waals surface area (Å²) in [6, 6.07) is 5.47. The fourth-order valence-electron chi connectivity index (χ4n) is 4.10. The van der Waals surface area contributed by atoms with Crippen molar-refractivity contribution in [2.45, 2.75) is 31.8 Å². The molecule has 140 valence electrons. The van der Waals surface area contributed by atoms with E-state index in [-0.39, 0.29) is 11.7 Å². The number of pyridine rings is 1. The Balaban J connectivity index is 1.36. The Morgan fingerprint density at radius 3 is 2.69 bits per heavy atom. The highest BCUT2D eigenvalue weighted by atomic mass is 35.5. The van der Waals surface area contributed by atoms with E-state index < -0.39 is 0 Å². The number of aromatic amines is 1. The zero-order valence-corrected chi connectivity index (χ0v) is 15.7. The third-order valence-corrected chi connectivity index (χ3v) is 5.92. The number of benzene rings is 1. The molecule has 2 saturated heterocycles. The molecule has 1 aromatic carbocycles. The van der Waals surface area contributed by atoms with E-state index in [2.05, 4.69) is 15.2 Å². The second-order valence-electron chi connectivity index (χ2n) is 7.49. The Morgan fingerprint density at radius 1 is 1.15 bits per heavy atom. The molecule has 2 N–H and O–H groups in total. The minimum Gasteiger partial charge on any atom is -0.489 e. The number of piperidine rings is 2. The van der Waals surface area contributed by atoms with Crippen LogP contribution in [0.2, 0.25) is 5.02 Å². The molecule has 0 radical (unpaired) electrons. The van der Waals surface area contributed by atoms with Crippen molar-refractivity contribution in [1.29, 1.82) is 0 Å². The topological polar surface area (TPSA) is 57.4 Å². The molecule has 2 aromatic rings. The van der Waals surface area contributed by atoms with Gasteiger partial charge in [-0.25, -0.2) is 0 Å². The second-order valence-corrected chi connectivity index (χ2v) is 7.90. The quantitative estimate of drug-likeness (QED) is 0.862. The molecule has 0 saturated carbocycles. The average molecular weight is 376 g/mol. The van der Waals surface area contributed by atoms with Crippen LogP contribution in [0, 0.1) is 5.92 Å². The van der Waals surface area contributed by atoms with Crippen molar-refractivity contribution in [3.63, 3.8) is 0 Å². The van der Waals surface area contributed by atoms with E-state index >= 15 is 0 Å². The molecule has 0 amide bonds. The number of hydrogen-bond acceptors (Lipinski definition) is 4. The van der Waals surface area contributed by atoms with E-state index in [9.17, 15) is 4.79 Å². The van der Waals surface area contributed by atoms with E-state index in [1.54, 1.807) is 12.3 Å². The zero-order valence-electron chi connectivity index (χ0n) is 15.0. The predicted octanol–water partition coefficient (Wildman–Crippen LogP) is 3.02. The third-order valence-electron chi connectivity index (χ3n) is 5.63. The average Bonchev–Trinajstić information content (AvgIpc) is 2.66. The number of rotatable bonds is 4. The number of nitrogens with one attached hydrogen (secondary N) is 2. The molecule has 0 spiro atoms. The van der Waals surface area contributed by atoms with Crippen LogP contribution in [0.25, 0.3) is 10.8 Å². The second kappa shape index (κ2) is 7.99. The van der Waals surface area contributed by atoms with Gasteiger partial charge in [0, 0.05) is 31.2 Å². The van der Waals surface area contributed by atoms with Gasteiger partial charge < -0.3 is 19.9 Å². The first-order valence-electron chi connectivity index (χ1n) is 9.60. The first-order chi connectivity index (χ1) is 12.7. The number of likely N-dealkylation sites (tertiary alicyclic amines) is 1. The molecule has 3 heterocycles. The van der Waals surface area contributed by atoms with Crippen molar-refractivity contribution in [1.82, 2.24) is 15.2 Å². The van der Waals surface area contributed by atoms with E-state index in [1.807, 2.05) is 12.1 Å². The van der Waals surface area contributed by atoms with Crippen molar-refractivity contribution in [3.8, 4) is 5.75 Å². The minimum atomic E-state index is -0.123. The van der Waals surface area contributed by atoms with Gasteiger partial charge in [-0.15, -0.1) is 0 Å². The van der Waals surface area contributed by atoms with Crippen molar-refractivity contribution < 1.29 is 4.74 Å². The van der Waals surface area contributed by atoms with Crippen molar-refractivity contribution >= 4 is 22.4 Å². The lowest BCUT2D eigenvalue weighted by Crippen LogP contribution is -2.42. The lowest BCUT2D eigenvalue weighted by molar-refractivity contribution is 0.0874. The van der Waals surface area contributed by atoms with Gasteiger partial charge >= 0.3 is 0 Å². The van der Waals surface area contributed by atoms with Gasteiger partial charge in [-0.2, -0.15) is 0 Å². The number of ether oxygens (including phenoxy) is 1. The lowest BCUT2D eigenvalue weighted by atomic mass is 9.96. The van der Waals surface area contributed by atoms with Gasteiger partial charge in [0.2, 0.25) is 0 Å².